The standard InChI is InChI=1S/C19H18N4O2S/c1-26-15-7-5-13(6-8-15)11-23-12-14(10-17(23)24)19-21-18(22-25-19)16-4-2-3-9-20-16/h2-9,14H,10-12H2,1H3. The van der Waals surface area contributed by atoms with E-state index in [2.05, 4.69) is 39.4 Å². The van der Waals surface area contributed by atoms with Crippen molar-refractivity contribution in [3.05, 3.63) is 60.1 Å². The highest BCUT2D eigenvalue weighted by Gasteiger charge is 2.34. The van der Waals surface area contributed by atoms with Gasteiger partial charge in [0.25, 0.3) is 0 Å². The van der Waals surface area contributed by atoms with Crippen LogP contribution < -0.4 is 0 Å². The minimum atomic E-state index is -0.0714. The van der Waals surface area contributed by atoms with Gasteiger partial charge in [-0.05, 0) is 36.1 Å². The molecule has 0 N–H and O–H groups in total. The minimum Gasteiger partial charge on any atom is -0.339 e. The van der Waals surface area contributed by atoms with E-state index < -0.39 is 0 Å². The summed E-state index contributed by atoms with van der Waals surface area (Å²) in [6, 6.07) is 13.8. The fraction of sp³-hybridized carbons (Fsp3) is 0.263. The molecular formula is C19H18N4O2S. The molecule has 3 aromatic rings. The number of benzene rings is 1. The SMILES string of the molecule is CSc1ccc(CN2CC(c3nc(-c4ccccn4)no3)CC2=O)cc1. The predicted octanol–water partition coefficient (Wildman–Crippen LogP) is 3.37. The van der Waals surface area contributed by atoms with Gasteiger partial charge in [0.1, 0.15) is 5.69 Å². The van der Waals surface area contributed by atoms with Crippen LogP contribution in [-0.4, -0.2) is 38.7 Å². The molecule has 0 spiro atoms. The van der Waals surface area contributed by atoms with Crippen molar-refractivity contribution in [1.82, 2.24) is 20.0 Å². The van der Waals surface area contributed by atoms with Crippen LogP contribution in [0, 0.1) is 0 Å². The first-order valence-corrected chi connectivity index (χ1v) is 9.61. The molecule has 7 heteroatoms. The Bertz CT molecular complexity index is 895. The number of amides is 1. The number of hydrogen-bond donors (Lipinski definition) is 0. The van der Waals surface area contributed by atoms with E-state index in [0.29, 0.717) is 36.9 Å². The summed E-state index contributed by atoms with van der Waals surface area (Å²) in [7, 11) is 0. The number of carbonyl (C=O) groups excluding carboxylic acids is 1. The van der Waals surface area contributed by atoms with Gasteiger partial charge in [-0.15, -0.1) is 11.8 Å². The van der Waals surface area contributed by atoms with Crippen molar-refractivity contribution in [2.75, 3.05) is 12.8 Å². The summed E-state index contributed by atoms with van der Waals surface area (Å²) >= 11 is 1.71. The molecule has 1 unspecified atom stereocenters. The second-order valence-corrected chi connectivity index (χ2v) is 7.07. The Hall–Kier alpha value is -2.67. The van der Waals surface area contributed by atoms with Gasteiger partial charge in [-0.25, -0.2) is 0 Å². The predicted molar refractivity (Wildman–Crippen MR) is 98.5 cm³/mol. The Kier molecular flexibility index (Phi) is 4.71. The van der Waals surface area contributed by atoms with Crippen molar-refractivity contribution in [2.45, 2.75) is 23.8 Å². The summed E-state index contributed by atoms with van der Waals surface area (Å²) < 4.78 is 5.40. The van der Waals surface area contributed by atoms with Gasteiger partial charge in [-0.3, -0.25) is 9.78 Å². The summed E-state index contributed by atoms with van der Waals surface area (Å²) in [6.07, 6.45) is 4.13. The minimum absolute atomic E-state index is 0.0714. The number of thioether (sulfide) groups is 1. The molecule has 1 saturated heterocycles. The number of carbonyl (C=O) groups is 1. The van der Waals surface area contributed by atoms with E-state index in [4.69, 9.17) is 4.52 Å². The van der Waals surface area contributed by atoms with E-state index in [1.165, 1.54) is 4.90 Å². The van der Waals surface area contributed by atoms with Crippen molar-refractivity contribution in [3.63, 3.8) is 0 Å². The molecule has 26 heavy (non-hydrogen) atoms. The van der Waals surface area contributed by atoms with Crippen LogP contribution in [0.3, 0.4) is 0 Å². The van der Waals surface area contributed by atoms with Gasteiger partial charge < -0.3 is 9.42 Å². The fourth-order valence-corrected chi connectivity index (χ4v) is 3.45. The van der Waals surface area contributed by atoms with Crippen LogP contribution >= 0.6 is 11.8 Å². The molecule has 1 atom stereocenters. The normalized spacial score (nSPS) is 17.0. The second kappa shape index (κ2) is 7.29. The molecule has 4 rings (SSSR count). The summed E-state index contributed by atoms with van der Waals surface area (Å²) in [4.78, 5) is 24.1. The molecule has 3 heterocycles. The van der Waals surface area contributed by atoms with Crippen molar-refractivity contribution in [2.24, 2.45) is 0 Å². The van der Waals surface area contributed by atoms with E-state index in [0.717, 1.165) is 5.56 Å². The molecule has 132 valence electrons. The number of nitrogens with zero attached hydrogens (tertiary/aromatic N) is 4. The Labute approximate surface area is 155 Å². The first kappa shape index (κ1) is 16.8. The van der Waals surface area contributed by atoms with Gasteiger partial charge in [0.2, 0.25) is 17.6 Å². The van der Waals surface area contributed by atoms with Crippen molar-refractivity contribution >= 4 is 17.7 Å². The van der Waals surface area contributed by atoms with Crippen LogP contribution in [0.2, 0.25) is 0 Å². The van der Waals surface area contributed by atoms with Gasteiger partial charge in [-0.2, -0.15) is 4.98 Å². The quantitative estimate of drug-likeness (QED) is 0.645. The van der Waals surface area contributed by atoms with E-state index >= 15 is 0 Å². The highest BCUT2D eigenvalue weighted by Crippen LogP contribution is 2.29. The summed E-state index contributed by atoms with van der Waals surface area (Å²) in [5.41, 5.74) is 1.79. The summed E-state index contributed by atoms with van der Waals surface area (Å²) in [6.45, 7) is 1.19. The van der Waals surface area contributed by atoms with E-state index in [9.17, 15) is 4.79 Å². The zero-order valence-corrected chi connectivity index (χ0v) is 15.1. The van der Waals surface area contributed by atoms with Crippen LogP contribution in [-0.2, 0) is 11.3 Å². The van der Waals surface area contributed by atoms with E-state index in [-0.39, 0.29) is 11.8 Å². The maximum atomic E-state index is 12.4. The van der Waals surface area contributed by atoms with Crippen LogP contribution in [0.25, 0.3) is 11.5 Å². The highest BCUT2D eigenvalue weighted by atomic mass is 32.2. The Morgan fingerprint density at radius 3 is 2.81 bits per heavy atom. The highest BCUT2D eigenvalue weighted by molar-refractivity contribution is 7.98. The van der Waals surface area contributed by atoms with Gasteiger partial charge in [0.15, 0.2) is 0 Å². The van der Waals surface area contributed by atoms with Crippen LogP contribution in [0.5, 0.6) is 0 Å². The third kappa shape index (κ3) is 3.48. The zero-order valence-electron chi connectivity index (χ0n) is 14.3. The number of aromatic nitrogens is 3. The van der Waals surface area contributed by atoms with Gasteiger partial charge in [0, 0.05) is 30.6 Å². The van der Waals surface area contributed by atoms with Crippen LogP contribution in [0.15, 0.2) is 58.1 Å². The summed E-state index contributed by atoms with van der Waals surface area (Å²) in [5, 5.41) is 4.00. The third-order valence-electron chi connectivity index (χ3n) is 4.43. The Balaban J connectivity index is 1.45. The van der Waals surface area contributed by atoms with Gasteiger partial charge in [-0.1, -0.05) is 23.4 Å². The number of hydrogen-bond acceptors (Lipinski definition) is 6. The van der Waals surface area contributed by atoms with E-state index in [1.54, 1.807) is 18.0 Å². The zero-order chi connectivity index (χ0) is 17.9. The number of pyridine rings is 1. The molecule has 0 radical (unpaired) electrons. The molecule has 1 fully saturated rings. The number of rotatable bonds is 5. The molecule has 0 bridgehead atoms. The molecule has 6 nitrogen and oxygen atoms in total. The largest absolute Gasteiger partial charge is 0.339 e. The van der Waals surface area contributed by atoms with E-state index in [1.807, 2.05) is 29.4 Å². The maximum absolute atomic E-state index is 12.4. The first-order chi connectivity index (χ1) is 12.7. The molecule has 1 aliphatic rings. The number of likely N-dealkylation sites (tertiary alicyclic amines) is 1. The molecule has 0 saturated carbocycles. The molecule has 1 aliphatic heterocycles. The maximum Gasteiger partial charge on any atom is 0.232 e. The lowest BCUT2D eigenvalue weighted by Gasteiger charge is -2.16. The van der Waals surface area contributed by atoms with Gasteiger partial charge in [0.05, 0.1) is 5.92 Å². The lowest BCUT2D eigenvalue weighted by Crippen LogP contribution is -2.24. The first-order valence-electron chi connectivity index (χ1n) is 8.38. The lowest BCUT2D eigenvalue weighted by atomic mass is 10.1. The van der Waals surface area contributed by atoms with Crippen LogP contribution in [0.4, 0.5) is 0 Å². The topological polar surface area (TPSA) is 72.1 Å². The molecule has 0 aliphatic carbocycles. The van der Waals surface area contributed by atoms with Crippen molar-refractivity contribution < 1.29 is 9.32 Å². The Morgan fingerprint density at radius 1 is 1.23 bits per heavy atom. The average Bonchev–Trinajstić information content (AvgIpc) is 3.31. The smallest absolute Gasteiger partial charge is 0.232 e. The molecule has 1 aromatic carbocycles. The third-order valence-corrected chi connectivity index (χ3v) is 5.18. The van der Waals surface area contributed by atoms with Crippen molar-refractivity contribution in [1.29, 1.82) is 0 Å². The van der Waals surface area contributed by atoms with Crippen molar-refractivity contribution in [3.8, 4) is 11.5 Å². The molecule has 1 amide bonds. The fourth-order valence-electron chi connectivity index (χ4n) is 3.04. The molecular weight excluding hydrogens is 348 g/mol. The monoisotopic (exact) mass is 366 g/mol. The summed E-state index contributed by atoms with van der Waals surface area (Å²) in [5.74, 6) is 0.998. The lowest BCUT2D eigenvalue weighted by molar-refractivity contribution is -0.128. The molecule has 2 aromatic heterocycles. The second-order valence-electron chi connectivity index (χ2n) is 6.19. The Morgan fingerprint density at radius 2 is 2.08 bits per heavy atom. The van der Waals surface area contributed by atoms with Crippen LogP contribution in [0.1, 0.15) is 23.8 Å². The van der Waals surface area contributed by atoms with Gasteiger partial charge >= 0.3 is 0 Å². The average molecular weight is 366 g/mol.